The lowest BCUT2D eigenvalue weighted by molar-refractivity contribution is 0.588. The number of nitrogens with zero attached hydrogens (tertiary/aromatic N) is 3. The summed E-state index contributed by atoms with van der Waals surface area (Å²) in [6.07, 6.45) is 1.80. The van der Waals surface area contributed by atoms with E-state index in [-0.39, 0.29) is 5.28 Å². The summed E-state index contributed by atoms with van der Waals surface area (Å²) in [4.78, 5) is 4.22. The lowest BCUT2D eigenvalue weighted by Crippen LogP contribution is -2.01. The molecule has 0 spiro atoms. The summed E-state index contributed by atoms with van der Waals surface area (Å²) in [6, 6.07) is 11.6. The van der Waals surface area contributed by atoms with Crippen LogP contribution in [0.15, 0.2) is 42.6 Å². The van der Waals surface area contributed by atoms with Gasteiger partial charge in [0.15, 0.2) is 5.65 Å². The van der Waals surface area contributed by atoms with Crippen LogP contribution >= 0.6 is 18.7 Å². The van der Waals surface area contributed by atoms with Crippen LogP contribution in [-0.4, -0.2) is 27.9 Å². The van der Waals surface area contributed by atoms with Crippen molar-refractivity contribution in [1.29, 1.82) is 0 Å². The first-order valence-corrected chi connectivity index (χ1v) is 9.10. The van der Waals surface area contributed by atoms with Crippen molar-refractivity contribution in [2.75, 3.05) is 13.3 Å². The molecule has 0 radical (unpaired) electrons. The Morgan fingerprint density at radius 3 is 2.50 bits per heavy atom. The molecule has 0 bridgehead atoms. The minimum atomic E-state index is -2.23. The van der Waals surface area contributed by atoms with Gasteiger partial charge in [0, 0.05) is 17.1 Å². The number of benzene rings is 1. The van der Waals surface area contributed by atoms with Crippen molar-refractivity contribution in [2.24, 2.45) is 0 Å². The van der Waals surface area contributed by atoms with Crippen molar-refractivity contribution >= 4 is 29.7 Å². The number of fused-ring (bicyclic) bond motifs is 1. The monoisotopic (exact) mass is 305 g/mol. The van der Waals surface area contributed by atoms with E-state index in [9.17, 15) is 4.57 Å². The van der Waals surface area contributed by atoms with Gasteiger partial charge < -0.3 is 4.57 Å². The third kappa shape index (κ3) is 2.37. The summed E-state index contributed by atoms with van der Waals surface area (Å²) in [5.41, 5.74) is 2.65. The summed E-state index contributed by atoms with van der Waals surface area (Å²) >= 11 is 5.85. The molecule has 6 heteroatoms. The van der Waals surface area contributed by atoms with E-state index in [0.29, 0.717) is 5.65 Å². The molecule has 0 saturated carbocycles. The van der Waals surface area contributed by atoms with E-state index in [1.54, 1.807) is 24.0 Å². The molecule has 0 aliphatic rings. The van der Waals surface area contributed by atoms with E-state index in [0.717, 1.165) is 16.4 Å². The van der Waals surface area contributed by atoms with Gasteiger partial charge in [-0.05, 0) is 42.6 Å². The second-order valence-corrected chi connectivity index (χ2v) is 8.52. The molecule has 0 unspecified atom stereocenters. The highest BCUT2D eigenvalue weighted by Gasteiger charge is 2.12. The molecule has 0 aliphatic carbocycles. The maximum atomic E-state index is 12.0. The molecule has 2 heterocycles. The molecule has 2 aromatic heterocycles. The van der Waals surface area contributed by atoms with Crippen LogP contribution in [0.2, 0.25) is 5.28 Å². The molecule has 0 atom stereocenters. The lowest BCUT2D eigenvalue weighted by Gasteiger charge is -2.08. The van der Waals surface area contributed by atoms with E-state index < -0.39 is 7.14 Å². The average molecular weight is 306 g/mol. The highest BCUT2D eigenvalue weighted by atomic mass is 35.5. The highest BCUT2D eigenvalue weighted by molar-refractivity contribution is 7.70. The fourth-order valence-electron chi connectivity index (χ4n) is 2.11. The predicted molar refractivity (Wildman–Crippen MR) is 82.5 cm³/mol. The molecular weight excluding hydrogens is 293 g/mol. The summed E-state index contributed by atoms with van der Waals surface area (Å²) in [5, 5.41) is 5.17. The Labute approximate surface area is 121 Å². The van der Waals surface area contributed by atoms with Gasteiger partial charge in [-0.2, -0.15) is 4.98 Å². The van der Waals surface area contributed by atoms with Crippen LogP contribution in [-0.2, 0) is 4.57 Å². The van der Waals surface area contributed by atoms with Gasteiger partial charge in [-0.1, -0.05) is 24.3 Å². The van der Waals surface area contributed by atoms with Crippen molar-refractivity contribution < 1.29 is 4.57 Å². The Morgan fingerprint density at radius 2 is 1.85 bits per heavy atom. The minimum absolute atomic E-state index is 0.223. The Balaban J connectivity index is 2.14. The van der Waals surface area contributed by atoms with Gasteiger partial charge >= 0.3 is 0 Å². The fraction of sp³-hybridized carbons (Fsp3) is 0.143. The van der Waals surface area contributed by atoms with E-state index in [1.165, 1.54) is 0 Å². The topological polar surface area (TPSA) is 47.3 Å². The van der Waals surface area contributed by atoms with E-state index in [1.807, 2.05) is 36.4 Å². The van der Waals surface area contributed by atoms with Gasteiger partial charge in [0.2, 0.25) is 5.28 Å². The van der Waals surface area contributed by atoms with Gasteiger partial charge in [-0.15, -0.1) is 5.10 Å². The zero-order chi connectivity index (χ0) is 14.3. The van der Waals surface area contributed by atoms with Gasteiger partial charge in [-0.25, -0.2) is 4.52 Å². The molecule has 3 rings (SSSR count). The Morgan fingerprint density at radius 1 is 1.15 bits per heavy atom. The molecule has 0 amide bonds. The number of pyridine rings is 1. The number of hydrogen-bond acceptors (Lipinski definition) is 3. The molecular formula is C14H13ClN3OP. The van der Waals surface area contributed by atoms with Crippen LogP contribution in [0, 0.1) is 0 Å². The first-order chi connectivity index (χ1) is 9.45. The van der Waals surface area contributed by atoms with Gasteiger partial charge in [0.1, 0.15) is 7.14 Å². The number of hydrogen-bond donors (Lipinski definition) is 0. The smallest absolute Gasteiger partial charge is 0.243 e. The van der Waals surface area contributed by atoms with Crippen LogP contribution in [0.1, 0.15) is 0 Å². The number of halogens is 1. The summed E-state index contributed by atoms with van der Waals surface area (Å²) in [5.74, 6) is 0. The first kappa shape index (κ1) is 13.3. The molecule has 0 aliphatic heterocycles. The van der Waals surface area contributed by atoms with Crippen LogP contribution in [0.4, 0.5) is 0 Å². The summed E-state index contributed by atoms with van der Waals surface area (Å²) in [6.45, 7) is 3.53. The zero-order valence-electron chi connectivity index (χ0n) is 11.1. The Kier molecular flexibility index (Phi) is 3.15. The maximum absolute atomic E-state index is 12.0. The first-order valence-electron chi connectivity index (χ1n) is 6.12. The van der Waals surface area contributed by atoms with Crippen molar-refractivity contribution in [3.05, 3.63) is 47.9 Å². The summed E-state index contributed by atoms with van der Waals surface area (Å²) < 4.78 is 13.7. The van der Waals surface area contributed by atoms with E-state index >= 15 is 0 Å². The predicted octanol–water partition coefficient (Wildman–Crippen LogP) is 3.30. The molecule has 4 nitrogen and oxygen atoms in total. The summed E-state index contributed by atoms with van der Waals surface area (Å²) in [7, 11) is -2.23. The maximum Gasteiger partial charge on any atom is 0.243 e. The van der Waals surface area contributed by atoms with Crippen LogP contribution in [0.3, 0.4) is 0 Å². The highest BCUT2D eigenvalue weighted by Crippen LogP contribution is 2.35. The Bertz CT molecular complexity index is 820. The van der Waals surface area contributed by atoms with Crippen LogP contribution < -0.4 is 5.30 Å². The van der Waals surface area contributed by atoms with Crippen LogP contribution in [0.5, 0.6) is 0 Å². The molecule has 0 saturated heterocycles. The van der Waals surface area contributed by atoms with Crippen molar-refractivity contribution in [1.82, 2.24) is 14.6 Å². The molecule has 3 aromatic rings. The van der Waals surface area contributed by atoms with Crippen LogP contribution in [0.25, 0.3) is 16.8 Å². The molecule has 0 fully saturated rings. The Hall–Kier alpha value is -1.64. The SMILES string of the molecule is CP(C)(=O)c1ccc(-c2cccn3nc(Cl)nc23)cc1. The average Bonchev–Trinajstić information content (AvgIpc) is 2.78. The quantitative estimate of drug-likeness (QED) is 0.683. The standard InChI is InChI=1S/C14H13ClN3OP/c1-20(2,19)11-7-5-10(6-8-11)12-4-3-9-18-13(12)16-14(15)17-18/h3-9H,1-2H3. The van der Waals surface area contributed by atoms with Gasteiger partial charge in [0.25, 0.3) is 0 Å². The van der Waals surface area contributed by atoms with Crippen molar-refractivity contribution in [2.45, 2.75) is 0 Å². The third-order valence-electron chi connectivity index (χ3n) is 3.14. The van der Waals surface area contributed by atoms with Crippen molar-refractivity contribution in [3.8, 4) is 11.1 Å². The van der Waals surface area contributed by atoms with Gasteiger partial charge in [-0.3, -0.25) is 0 Å². The second-order valence-electron chi connectivity index (χ2n) is 4.97. The minimum Gasteiger partial charge on any atom is -0.319 e. The number of rotatable bonds is 2. The number of aromatic nitrogens is 3. The van der Waals surface area contributed by atoms with Gasteiger partial charge in [0.05, 0.1) is 0 Å². The van der Waals surface area contributed by atoms with Crippen molar-refractivity contribution in [3.63, 3.8) is 0 Å². The lowest BCUT2D eigenvalue weighted by atomic mass is 10.1. The third-order valence-corrected chi connectivity index (χ3v) is 4.84. The largest absolute Gasteiger partial charge is 0.319 e. The molecule has 0 N–H and O–H groups in total. The molecule has 102 valence electrons. The fourth-order valence-corrected chi connectivity index (χ4v) is 3.13. The molecule has 20 heavy (non-hydrogen) atoms. The normalized spacial score (nSPS) is 11.9. The van der Waals surface area contributed by atoms with E-state index in [4.69, 9.17) is 11.6 Å². The molecule has 1 aromatic carbocycles. The van der Waals surface area contributed by atoms with E-state index in [2.05, 4.69) is 10.1 Å². The second kappa shape index (κ2) is 4.72. The zero-order valence-corrected chi connectivity index (χ0v) is 12.8.